The standard InChI is InChI=1S/C23H18N4O3/c28-22-23(17-13-15(27(29)30)9-10-18(17)24-22)21-16-6-2-1-5-14(16)11-12-26(21)20-8-4-3-7-19(20)25-23/h1-10,13,21,25H,11-12H2,(H,24,28). The first-order valence-corrected chi connectivity index (χ1v) is 9.91. The molecule has 0 bridgehead atoms. The molecule has 0 saturated carbocycles. The number of para-hydroxylation sites is 2. The van der Waals surface area contributed by atoms with Crippen molar-refractivity contribution >= 4 is 28.7 Å². The quantitative estimate of drug-likeness (QED) is 0.478. The average Bonchev–Trinajstić information content (AvgIpc) is 3.04. The number of nitro benzene ring substituents is 1. The number of benzene rings is 3. The topological polar surface area (TPSA) is 87.5 Å². The van der Waals surface area contributed by atoms with Gasteiger partial charge < -0.3 is 15.5 Å². The number of fused-ring (bicyclic) bond motifs is 8. The molecule has 1 amide bonds. The molecule has 0 radical (unpaired) electrons. The predicted octanol–water partition coefficient (Wildman–Crippen LogP) is 3.97. The van der Waals surface area contributed by atoms with Gasteiger partial charge >= 0.3 is 0 Å². The lowest BCUT2D eigenvalue weighted by Crippen LogP contribution is -2.58. The maximum Gasteiger partial charge on any atom is 0.269 e. The first-order chi connectivity index (χ1) is 14.6. The average molecular weight is 398 g/mol. The van der Waals surface area contributed by atoms with Gasteiger partial charge in [0, 0.05) is 29.9 Å². The molecule has 30 heavy (non-hydrogen) atoms. The van der Waals surface area contributed by atoms with E-state index >= 15 is 0 Å². The van der Waals surface area contributed by atoms with Crippen LogP contribution in [0.15, 0.2) is 66.7 Å². The molecule has 2 atom stereocenters. The van der Waals surface area contributed by atoms with Crippen molar-refractivity contribution in [1.29, 1.82) is 0 Å². The van der Waals surface area contributed by atoms with Gasteiger partial charge in [-0.25, -0.2) is 0 Å². The summed E-state index contributed by atoms with van der Waals surface area (Å²) in [7, 11) is 0. The normalized spacial score (nSPS) is 23.0. The van der Waals surface area contributed by atoms with Crippen LogP contribution in [0.4, 0.5) is 22.7 Å². The summed E-state index contributed by atoms with van der Waals surface area (Å²) in [6.07, 6.45) is 0.875. The summed E-state index contributed by atoms with van der Waals surface area (Å²) in [6.45, 7) is 0.764. The van der Waals surface area contributed by atoms with Gasteiger partial charge in [-0.3, -0.25) is 14.9 Å². The number of nitro groups is 1. The SMILES string of the molecule is O=C1Nc2ccc([N+](=O)[O-])cc2C12Nc1ccccc1N1CCc3ccccc3C12. The van der Waals surface area contributed by atoms with E-state index in [1.165, 1.54) is 17.7 Å². The monoisotopic (exact) mass is 398 g/mol. The third kappa shape index (κ3) is 2.06. The Labute approximate surface area is 172 Å². The number of non-ortho nitro benzene ring substituents is 1. The van der Waals surface area contributed by atoms with Gasteiger partial charge in [0.15, 0.2) is 5.54 Å². The van der Waals surface area contributed by atoms with Gasteiger partial charge in [0.1, 0.15) is 0 Å². The van der Waals surface area contributed by atoms with E-state index in [0.717, 1.165) is 29.9 Å². The molecule has 3 aliphatic heterocycles. The molecule has 6 rings (SSSR count). The number of carbonyl (C=O) groups excluding carboxylic acids is 1. The Morgan fingerprint density at radius 1 is 1.03 bits per heavy atom. The first kappa shape index (κ1) is 17.0. The number of amides is 1. The number of carbonyl (C=O) groups is 1. The number of rotatable bonds is 1. The summed E-state index contributed by atoms with van der Waals surface area (Å²) in [5.41, 5.74) is 4.19. The number of anilines is 3. The Morgan fingerprint density at radius 2 is 1.83 bits per heavy atom. The van der Waals surface area contributed by atoms with Gasteiger partial charge in [0.2, 0.25) is 0 Å². The predicted molar refractivity (Wildman–Crippen MR) is 114 cm³/mol. The Kier molecular flexibility index (Phi) is 3.30. The Balaban J connectivity index is 1.67. The van der Waals surface area contributed by atoms with Crippen LogP contribution in [0.2, 0.25) is 0 Å². The largest absolute Gasteiger partial charge is 0.364 e. The maximum absolute atomic E-state index is 13.6. The molecule has 0 aliphatic carbocycles. The lowest BCUT2D eigenvalue weighted by molar-refractivity contribution is -0.384. The van der Waals surface area contributed by atoms with Crippen molar-refractivity contribution in [3.05, 3.63) is 93.5 Å². The van der Waals surface area contributed by atoms with Crippen molar-refractivity contribution in [1.82, 2.24) is 0 Å². The van der Waals surface area contributed by atoms with Crippen molar-refractivity contribution in [3.8, 4) is 0 Å². The molecule has 3 aromatic carbocycles. The molecule has 148 valence electrons. The van der Waals surface area contributed by atoms with E-state index in [1.54, 1.807) is 6.07 Å². The Bertz CT molecular complexity index is 1240. The zero-order chi connectivity index (χ0) is 20.5. The lowest BCUT2D eigenvalue weighted by Gasteiger charge is -2.52. The third-order valence-corrected chi connectivity index (χ3v) is 6.48. The number of hydrogen-bond acceptors (Lipinski definition) is 5. The zero-order valence-electron chi connectivity index (χ0n) is 16.0. The van der Waals surface area contributed by atoms with Gasteiger partial charge in [-0.15, -0.1) is 0 Å². The fourth-order valence-corrected chi connectivity index (χ4v) is 5.22. The molecule has 3 aliphatic rings. The second-order valence-electron chi connectivity index (χ2n) is 7.94. The van der Waals surface area contributed by atoms with Crippen LogP contribution < -0.4 is 15.5 Å². The summed E-state index contributed by atoms with van der Waals surface area (Å²) in [4.78, 5) is 26.9. The summed E-state index contributed by atoms with van der Waals surface area (Å²) in [5, 5.41) is 18.0. The van der Waals surface area contributed by atoms with Gasteiger partial charge in [-0.2, -0.15) is 0 Å². The molecule has 7 nitrogen and oxygen atoms in total. The minimum Gasteiger partial charge on any atom is -0.364 e. The molecular weight excluding hydrogens is 380 g/mol. The Morgan fingerprint density at radius 3 is 2.70 bits per heavy atom. The highest BCUT2D eigenvalue weighted by molar-refractivity contribution is 6.10. The van der Waals surface area contributed by atoms with Crippen LogP contribution in [-0.2, 0) is 16.8 Å². The molecular formula is C23H18N4O3. The highest BCUT2D eigenvalue weighted by Crippen LogP contribution is 2.56. The van der Waals surface area contributed by atoms with Gasteiger partial charge in [-0.05, 0) is 35.7 Å². The van der Waals surface area contributed by atoms with Crippen LogP contribution in [0.5, 0.6) is 0 Å². The zero-order valence-corrected chi connectivity index (χ0v) is 16.0. The molecule has 0 fully saturated rings. The third-order valence-electron chi connectivity index (χ3n) is 6.48. The van der Waals surface area contributed by atoms with Crippen LogP contribution in [0, 0.1) is 10.1 Å². The van der Waals surface area contributed by atoms with Crippen molar-refractivity contribution in [2.45, 2.75) is 18.0 Å². The van der Waals surface area contributed by atoms with Crippen molar-refractivity contribution in [2.75, 3.05) is 22.1 Å². The molecule has 0 saturated heterocycles. The lowest BCUT2D eigenvalue weighted by atomic mass is 9.73. The summed E-state index contributed by atoms with van der Waals surface area (Å²) < 4.78 is 0. The number of hydrogen-bond donors (Lipinski definition) is 2. The van der Waals surface area contributed by atoms with Gasteiger partial charge in [0.05, 0.1) is 22.3 Å². The minimum atomic E-state index is -1.16. The van der Waals surface area contributed by atoms with E-state index in [1.807, 2.05) is 30.3 Å². The fourth-order valence-electron chi connectivity index (χ4n) is 5.22. The van der Waals surface area contributed by atoms with Crippen molar-refractivity contribution < 1.29 is 9.72 Å². The molecule has 3 heterocycles. The van der Waals surface area contributed by atoms with Gasteiger partial charge in [0.25, 0.3) is 11.6 Å². The smallest absolute Gasteiger partial charge is 0.269 e. The maximum atomic E-state index is 13.6. The van der Waals surface area contributed by atoms with E-state index in [0.29, 0.717) is 11.3 Å². The van der Waals surface area contributed by atoms with Crippen molar-refractivity contribution in [3.63, 3.8) is 0 Å². The van der Waals surface area contributed by atoms with Crippen LogP contribution in [0.1, 0.15) is 22.7 Å². The summed E-state index contributed by atoms with van der Waals surface area (Å²) >= 11 is 0. The first-order valence-electron chi connectivity index (χ1n) is 9.91. The van der Waals surface area contributed by atoms with Crippen LogP contribution in [0.3, 0.4) is 0 Å². The van der Waals surface area contributed by atoms with E-state index in [2.05, 4.69) is 33.7 Å². The minimum absolute atomic E-state index is 0.0269. The number of nitrogens with one attached hydrogen (secondary N) is 2. The fraction of sp³-hybridized carbons (Fsp3) is 0.174. The molecule has 1 spiro atoms. The van der Waals surface area contributed by atoms with E-state index in [-0.39, 0.29) is 17.6 Å². The van der Waals surface area contributed by atoms with Crippen LogP contribution >= 0.6 is 0 Å². The molecule has 2 unspecified atom stereocenters. The highest BCUT2D eigenvalue weighted by atomic mass is 16.6. The van der Waals surface area contributed by atoms with Crippen LogP contribution in [-0.4, -0.2) is 17.4 Å². The molecule has 0 aromatic heterocycles. The van der Waals surface area contributed by atoms with E-state index in [4.69, 9.17) is 0 Å². The van der Waals surface area contributed by atoms with E-state index < -0.39 is 10.5 Å². The van der Waals surface area contributed by atoms with Crippen molar-refractivity contribution in [2.24, 2.45) is 0 Å². The highest BCUT2D eigenvalue weighted by Gasteiger charge is 2.59. The Hall–Kier alpha value is -3.87. The molecule has 7 heteroatoms. The molecule has 2 N–H and O–H groups in total. The van der Waals surface area contributed by atoms with E-state index in [9.17, 15) is 14.9 Å². The summed E-state index contributed by atoms with van der Waals surface area (Å²) in [5.74, 6) is -0.195. The second kappa shape index (κ2) is 5.82. The number of nitrogens with zero attached hydrogens (tertiary/aromatic N) is 2. The summed E-state index contributed by atoms with van der Waals surface area (Å²) in [6, 6.07) is 20.4. The van der Waals surface area contributed by atoms with Gasteiger partial charge in [-0.1, -0.05) is 36.4 Å². The second-order valence-corrected chi connectivity index (χ2v) is 7.94. The van der Waals surface area contributed by atoms with Crippen LogP contribution in [0.25, 0.3) is 0 Å². The molecule has 3 aromatic rings.